The molecule has 4 aromatic carbocycles. The number of carbonyl (C=O) groups is 1. The van der Waals surface area contributed by atoms with E-state index in [9.17, 15) is 4.79 Å². The minimum absolute atomic E-state index is 0.383. The Balaban J connectivity index is 1.51. The Labute approximate surface area is 157 Å². The van der Waals surface area contributed by atoms with Crippen LogP contribution in [0.4, 0.5) is 0 Å². The Kier molecular flexibility index (Phi) is 4.38. The van der Waals surface area contributed by atoms with Crippen LogP contribution < -0.4 is 4.74 Å². The molecule has 0 bridgehead atoms. The number of hydrogen-bond acceptors (Lipinski definition) is 3. The highest BCUT2D eigenvalue weighted by Crippen LogP contribution is 2.24. The maximum Gasteiger partial charge on any atom is 0.343 e. The van der Waals surface area contributed by atoms with E-state index in [-0.39, 0.29) is 5.97 Å². The van der Waals surface area contributed by atoms with Gasteiger partial charge in [-0.2, -0.15) is 5.26 Å². The smallest absolute Gasteiger partial charge is 0.343 e. The lowest BCUT2D eigenvalue weighted by Gasteiger charge is -2.07. The Morgan fingerprint density at radius 3 is 2.04 bits per heavy atom. The van der Waals surface area contributed by atoms with E-state index >= 15 is 0 Å². The molecule has 4 aromatic rings. The van der Waals surface area contributed by atoms with Crippen LogP contribution in [0.15, 0.2) is 91.0 Å². The van der Waals surface area contributed by atoms with Crippen molar-refractivity contribution >= 4 is 16.7 Å². The fourth-order valence-electron chi connectivity index (χ4n) is 2.93. The van der Waals surface area contributed by atoms with E-state index in [2.05, 4.69) is 6.07 Å². The molecule has 0 aliphatic heterocycles. The van der Waals surface area contributed by atoms with Crippen LogP contribution in [0.3, 0.4) is 0 Å². The first-order valence-electron chi connectivity index (χ1n) is 8.54. The highest BCUT2D eigenvalue weighted by molar-refractivity contribution is 5.96. The minimum Gasteiger partial charge on any atom is -0.423 e. The molecule has 4 rings (SSSR count). The zero-order valence-corrected chi connectivity index (χ0v) is 14.4. The van der Waals surface area contributed by atoms with E-state index in [1.807, 2.05) is 60.7 Å². The van der Waals surface area contributed by atoms with Crippen LogP contribution in [0.2, 0.25) is 0 Å². The van der Waals surface area contributed by atoms with Crippen LogP contribution in [-0.4, -0.2) is 5.97 Å². The molecular weight excluding hydrogens is 334 g/mol. The standard InChI is InChI=1S/C24H15NO2/c25-16-17-5-7-19(8-6-17)20-11-13-23(14-12-20)27-24(26)22-10-9-18-3-1-2-4-21(18)15-22/h1-15H. The molecule has 0 unspecified atom stereocenters. The molecule has 3 nitrogen and oxygen atoms in total. The third kappa shape index (κ3) is 3.56. The van der Waals surface area contributed by atoms with E-state index < -0.39 is 0 Å². The summed E-state index contributed by atoms with van der Waals surface area (Å²) >= 11 is 0. The molecule has 0 saturated heterocycles. The molecule has 0 N–H and O–H groups in total. The average Bonchev–Trinajstić information content (AvgIpc) is 2.74. The summed E-state index contributed by atoms with van der Waals surface area (Å²) in [6.45, 7) is 0. The number of rotatable bonds is 3. The van der Waals surface area contributed by atoms with E-state index in [0.717, 1.165) is 21.9 Å². The van der Waals surface area contributed by atoms with Gasteiger partial charge in [-0.25, -0.2) is 4.79 Å². The number of nitrogens with zero attached hydrogens (tertiary/aromatic N) is 1. The number of benzene rings is 4. The van der Waals surface area contributed by atoms with Crippen LogP contribution in [0.1, 0.15) is 15.9 Å². The van der Waals surface area contributed by atoms with Crippen molar-refractivity contribution in [1.29, 1.82) is 5.26 Å². The average molecular weight is 349 g/mol. The summed E-state index contributed by atoms with van der Waals surface area (Å²) in [4.78, 5) is 12.4. The van der Waals surface area contributed by atoms with Gasteiger partial charge < -0.3 is 4.74 Å². The van der Waals surface area contributed by atoms with Crippen molar-refractivity contribution < 1.29 is 9.53 Å². The maximum atomic E-state index is 12.4. The summed E-state index contributed by atoms with van der Waals surface area (Å²) in [6.07, 6.45) is 0. The van der Waals surface area contributed by atoms with Gasteiger partial charge in [0.25, 0.3) is 0 Å². The summed E-state index contributed by atoms with van der Waals surface area (Å²) in [7, 11) is 0. The zero-order valence-electron chi connectivity index (χ0n) is 14.4. The van der Waals surface area contributed by atoms with Crippen LogP contribution in [-0.2, 0) is 0 Å². The van der Waals surface area contributed by atoms with Gasteiger partial charge in [-0.3, -0.25) is 0 Å². The third-order valence-corrected chi connectivity index (χ3v) is 4.40. The molecule has 0 aliphatic rings. The van der Waals surface area contributed by atoms with Crippen molar-refractivity contribution in [1.82, 2.24) is 0 Å². The van der Waals surface area contributed by atoms with Crippen molar-refractivity contribution in [3.63, 3.8) is 0 Å². The lowest BCUT2D eigenvalue weighted by molar-refractivity contribution is 0.0735. The predicted octanol–water partition coefficient (Wildman–Crippen LogP) is 5.60. The number of hydrogen-bond donors (Lipinski definition) is 0. The van der Waals surface area contributed by atoms with Crippen molar-refractivity contribution in [2.24, 2.45) is 0 Å². The second kappa shape index (κ2) is 7.15. The Hall–Kier alpha value is -3.90. The van der Waals surface area contributed by atoms with Crippen LogP contribution in [0, 0.1) is 11.3 Å². The van der Waals surface area contributed by atoms with Crippen molar-refractivity contribution in [2.75, 3.05) is 0 Å². The number of carbonyl (C=O) groups excluding carboxylic acids is 1. The van der Waals surface area contributed by atoms with Gasteiger partial charge in [-0.15, -0.1) is 0 Å². The third-order valence-electron chi connectivity index (χ3n) is 4.40. The van der Waals surface area contributed by atoms with E-state index in [4.69, 9.17) is 10.00 Å². The largest absolute Gasteiger partial charge is 0.423 e. The Morgan fingerprint density at radius 2 is 1.37 bits per heavy atom. The fraction of sp³-hybridized carbons (Fsp3) is 0. The van der Waals surface area contributed by atoms with Gasteiger partial charge >= 0.3 is 5.97 Å². The molecule has 0 aromatic heterocycles. The van der Waals surface area contributed by atoms with Crippen LogP contribution >= 0.6 is 0 Å². The first-order valence-corrected chi connectivity index (χ1v) is 8.54. The van der Waals surface area contributed by atoms with Gasteiger partial charge in [0.05, 0.1) is 17.2 Å². The number of fused-ring (bicyclic) bond motifs is 1. The molecule has 0 spiro atoms. The maximum absolute atomic E-state index is 12.4. The molecule has 0 amide bonds. The van der Waals surface area contributed by atoms with Crippen molar-refractivity contribution in [2.45, 2.75) is 0 Å². The number of ether oxygens (including phenoxy) is 1. The summed E-state index contributed by atoms with van der Waals surface area (Å²) in [5.74, 6) is 0.109. The number of nitriles is 1. The molecule has 27 heavy (non-hydrogen) atoms. The molecule has 128 valence electrons. The van der Waals surface area contributed by atoms with Gasteiger partial charge in [-0.05, 0) is 58.3 Å². The van der Waals surface area contributed by atoms with E-state index in [1.165, 1.54) is 0 Å². The van der Waals surface area contributed by atoms with Gasteiger partial charge in [-0.1, -0.05) is 54.6 Å². The number of esters is 1. The van der Waals surface area contributed by atoms with Crippen molar-refractivity contribution in [3.05, 3.63) is 102 Å². The molecule has 3 heteroatoms. The topological polar surface area (TPSA) is 50.1 Å². The monoisotopic (exact) mass is 349 g/mol. The molecule has 0 aliphatic carbocycles. The van der Waals surface area contributed by atoms with Crippen LogP contribution in [0.25, 0.3) is 21.9 Å². The molecule has 0 saturated carbocycles. The summed E-state index contributed by atoms with van der Waals surface area (Å²) < 4.78 is 5.49. The van der Waals surface area contributed by atoms with Crippen molar-refractivity contribution in [3.8, 4) is 22.9 Å². The molecular formula is C24H15NO2. The zero-order chi connectivity index (χ0) is 18.6. The summed E-state index contributed by atoms with van der Waals surface area (Å²) in [5.41, 5.74) is 3.14. The molecule has 0 heterocycles. The van der Waals surface area contributed by atoms with E-state index in [1.54, 1.807) is 30.3 Å². The second-order valence-electron chi connectivity index (χ2n) is 6.16. The quantitative estimate of drug-likeness (QED) is 0.357. The molecule has 0 radical (unpaired) electrons. The highest BCUT2D eigenvalue weighted by Gasteiger charge is 2.09. The van der Waals surface area contributed by atoms with Gasteiger partial charge in [0, 0.05) is 0 Å². The first kappa shape index (κ1) is 16.6. The minimum atomic E-state index is -0.383. The SMILES string of the molecule is N#Cc1ccc(-c2ccc(OC(=O)c3ccc4ccccc4c3)cc2)cc1. The van der Waals surface area contributed by atoms with Crippen LogP contribution in [0.5, 0.6) is 5.75 Å². The molecule has 0 atom stereocenters. The van der Waals surface area contributed by atoms with E-state index in [0.29, 0.717) is 16.9 Å². The molecule has 0 fully saturated rings. The predicted molar refractivity (Wildman–Crippen MR) is 105 cm³/mol. The Morgan fingerprint density at radius 1 is 0.741 bits per heavy atom. The lowest BCUT2D eigenvalue weighted by Crippen LogP contribution is -2.08. The fourth-order valence-corrected chi connectivity index (χ4v) is 2.93. The van der Waals surface area contributed by atoms with Gasteiger partial charge in [0.2, 0.25) is 0 Å². The highest BCUT2D eigenvalue weighted by atomic mass is 16.5. The summed E-state index contributed by atoms with van der Waals surface area (Å²) in [5, 5.41) is 11.0. The Bertz CT molecular complexity index is 1150. The van der Waals surface area contributed by atoms with Gasteiger partial charge in [0.15, 0.2) is 0 Å². The van der Waals surface area contributed by atoms with Gasteiger partial charge in [0.1, 0.15) is 5.75 Å². The normalized spacial score (nSPS) is 10.3. The second-order valence-corrected chi connectivity index (χ2v) is 6.16. The first-order chi connectivity index (χ1) is 13.2. The lowest BCUT2D eigenvalue weighted by atomic mass is 10.0. The summed E-state index contributed by atoms with van der Waals surface area (Å²) in [6, 6.07) is 30.2.